The number of nitrogens with one attached hydrogen (secondary N) is 2. The molecule has 6 nitrogen and oxygen atoms in total. The molecule has 1 aliphatic rings. The summed E-state index contributed by atoms with van der Waals surface area (Å²) in [5, 5.41) is 6.25. The summed E-state index contributed by atoms with van der Waals surface area (Å²) in [6.07, 6.45) is 0. The predicted octanol–water partition coefficient (Wildman–Crippen LogP) is 2.72. The number of hydrogen-bond acceptors (Lipinski definition) is 3. The second-order valence-electron chi connectivity index (χ2n) is 7.48. The molecule has 1 aliphatic heterocycles. The molecule has 1 amide bonds. The van der Waals surface area contributed by atoms with Crippen molar-refractivity contribution in [3.63, 3.8) is 0 Å². The SMILES string of the molecule is CCNC(=O)c1ccc(CN=C(NCC)N2CCN(Cc3ccccc3)CC2)cc1. The number of aliphatic imine (C=N–C) groups is 1. The fraction of sp³-hybridized carbons (Fsp3) is 0.417. The number of nitrogens with zero attached hydrogens (tertiary/aromatic N) is 3. The van der Waals surface area contributed by atoms with Gasteiger partial charge in [0.2, 0.25) is 0 Å². The van der Waals surface area contributed by atoms with Crippen molar-refractivity contribution in [2.75, 3.05) is 39.3 Å². The number of carbonyl (C=O) groups excluding carboxylic acids is 1. The van der Waals surface area contributed by atoms with Crippen molar-refractivity contribution in [1.29, 1.82) is 0 Å². The fourth-order valence-corrected chi connectivity index (χ4v) is 3.58. The average molecular weight is 408 g/mol. The molecule has 1 fully saturated rings. The van der Waals surface area contributed by atoms with E-state index in [0.29, 0.717) is 18.7 Å². The van der Waals surface area contributed by atoms with E-state index in [9.17, 15) is 4.79 Å². The zero-order chi connectivity index (χ0) is 21.2. The van der Waals surface area contributed by atoms with E-state index >= 15 is 0 Å². The Kier molecular flexibility index (Phi) is 8.27. The largest absolute Gasteiger partial charge is 0.357 e. The summed E-state index contributed by atoms with van der Waals surface area (Å²) in [6, 6.07) is 18.3. The molecule has 3 rings (SSSR count). The van der Waals surface area contributed by atoms with Crippen LogP contribution >= 0.6 is 0 Å². The first-order chi connectivity index (χ1) is 14.7. The van der Waals surface area contributed by atoms with Crippen LogP contribution in [0.3, 0.4) is 0 Å². The number of piperazine rings is 1. The Hall–Kier alpha value is -2.86. The van der Waals surface area contributed by atoms with Gasteiger partial charge in [0.15, 0.2) is 5.96 Å². The first-order valence-electron chi connectivity index (χ1n) is 10.9. The van der Waals surface area contributed by atoms with Crippen LogP contribution in [0.2, 0.25) is 0 Å². The molecule has 1 heterocycles. The van der Waals surface area contributed by atoms with E-state index in [4.69, 9.17) is 4.99 Å². The lowest BCUT2D eigenvalue weighted by molar-refractivity contribution is 0.0956. The summed E-state index contributed by atoms with van der Waals surface area (Å²) in [5.41, 5.74) is 3.15. The highest BCUT2D eigenvalue weighted by atomic mass is 16.1. The van der Waals surface area contributed by atoms with Gasteiger partial charge >= 0.3 is 0 Å². The van der Waals surface area contributed by atoms with E-state index in [0.717, 1.165) is 50.8 Å². The van der Waals surface area contributed by atoms with Crippen molar-refractivity contribution < 1.29 is 4.79 Å². The lowest BCUT2D eigenvalue weighted by Crippen LogP contribution is -2.52. The smallest absolute Gasteiger partial charge is 0.251 e. The minimum atomic E-state index is -0.0331. The molecular formula is C24H33N5O. The maximum absolute atomic E-state index is 11.9. The fourth-order valence-electron chi connectivity index (χ4n) is 3.58. The number of benzene rings is 2. The second kappa shape index (κ2) is 11.4. The first-order valence-corrected chi connectivity index (χ1v) is 10.9. The van der Waals surface area contributed by atoms with Crippen LogP contribution in [0.25, 0.3) is 0 Å². The van der Waals surface area contributed by atoms with Gasteiger partial charge in [-0.3, -0.25) is 9.69 Å². The Balaban J connectivity index is 1.55. The molecule has 1 saturated heterocycles. The van der Waals surface area contributed by atoms with Crippen LogP contribution in [0.4, 0.5) is 0 Å². The van der Waals surface area contributed by atoms with Gasteiger partial charge in [0, 0.05) is 51.4 Å². The Morgan fingerprint density at radius 3 is 2.17 bits per heavy atom. The monoisotopic (exact) mass is 407 g/mol. The maximum atomic E-state index is 11.9. The third kappa shape index (κ3) is 6.32. The Morgan fingerprint density at radius 2 is 1.53 bits per heavy atom. The van der Waals surface area contributed by atoms with Crippen molar-refractivity contribution >= 4 is 11.9 Å². The molecule has 6 heteroatoms. The lowest BCUT2D eigenvalue weighted by Gasteiger charge is -2.36. The molecule has 2 aromatic carbocycles. The molecule has 0 saturated carbocycles. The van der Waals surface area contributed by atoms with Crippen LogP contribution in [0.15, 0.2) is 59.6 Å². The molecule has 0 atom stereocenters. The number of rotatable bonds is 7. The number of carbonyl (C=O) groups is 1. The van der Waals surface area contributed by atoms with E-state index in [2.05, 4.69) is 57.7 Å². The van der Waals surface area contributed by atoms with Crippen molar-refractivity contribution in [3.8, 4) is 0 Å². The quantitative estimate of drug-likeness (QED) is 0.547. The third-order valence-electron chi connectivity index (χ3n) is 5.22. The van der Waals surface area contributed by atoms with Crippen LogP contribution in [0.1, 0.15) is 35.3 Å². The maximum Gasteiger partial charge on any atom is 0.251 e. The van der Waals surface area contributed by atoms with Gasteiger partial charge < -0.3 is 15.5 Å². The van der Waals surface area contributed by atoms with Gasteiger partial charge in [0.05, 0.1) is 6.54 Å². The summed E-state index contributed by atoms with van der Waals surface area (Å²) in [7, 11) is 0. The normalized spacial score (nSPS) is 15.1. The minimum Gasteiger partial charge on any atom is -0.357 e. The average Bonchev–Trinajstić information content (AvgIpc) is 2.78. The van der Waals surface area contributed by atoms with Gasteiger partial charge in [-0.05, 0) is 37.1 Å². The molecule has 2 N–H and O–H groups in total. The molecule has 2 aromatic rings. The molecule has 0 aromatic heterocycles. The Bertz CT molecular complexity index is 811. The number of hydrogen-bond donors (Lipinski definition) is 2. The molecular weight excluding hydrogens is 374 g/mol. The van der Waals surface area contributed by atoms with E-state index in [1.54, 1.807) is 0 Å². The van der Waals surface area contributed by atoms with Crippen molar-refractivity contribution in [3.05, 3.63) is 71.3 Å². The van der Waals surface area contributed by atoms with Crippen LogP contribution in [-0.4, -0.2) is 60.9 Å². The standard InChI is InChI=1S/C24H33N5O/c1-3-25-23(30)22-12-10-20(11-13-22)18-27-24(26-4-2)29-16-14-28(15-17-29)19-21-8-6-5-7-9-21/h5-13H,3-4,14-19H2,1-2H3,(H,25,30)(H,26,27). The van der Waals surface area contributed by atoms with Crippen molar-refractivity contribution in [2.45, 2.75) is 26.9 Å². The Morgan fingerprint density at radius 1 is 0.867 bits per heavy atom. The van der Waals surface area contributed by atoms with Crippen molar-refractivity contribution in [2.24, 2.45) is 4.99 Å². The topological polar surface area (TPSA) is 60.0 Å². The van der Waals surface area contributed by atoms with E-state index in [1.165, 1.54) is 5.56 Å². The van der Waals surface area contributed by atoms with Gasteiger partial charge in [-0.25, -0.2) is 4.99 Å². The molecule has 0 aliphatic carbocycles. The second-order valence-corrected chi connectivity index (χ2v) is 7.48. The van der Waals surface area contributed by atoms with Gasteiger partial charge in [0.1, 0.15) is 0 Å². The highest BCUT2D eigenvalue weighted by Gasteiger charge is 2.19. The van der Waals surface area contributed by atoms with Gasteiger partial charge in [0.25, 0.3) is 5.91 Å². The van der Waals surface area contributed by atoms with Crippen molar-refractivity contribution in [1.82, 2.24) is 20.4 Å². The number of guanidine groups is 1. The van der Waals surface area contributed by atoms with Gasteiger partial charge in [-0.15, -0.1) is 0 Å². The summed E-state index contributed by atoms with van der Waals surface area (Å²) >= 11 is 0. The highest BCUT2D eigenvalue weighted by Crippen LogP contribution is 2.10. The molecule has 0 unspecified atom stereocenters. The zero-order valence-electron chi connectivity index (χ0n) is 18.1. The summed E-state index contributed by atoms with van der Waals surface area (Å²) < 4.78 is 0. The predicted molar refractivity (Wildman–Crippen MR) is 123 cm³/mol. The minimum absolute atomic E-state index is 0.0331. The first kappa shape index (κ1) is 21.8. The molecule has 0 bridgehead atoms. The van der Waals surface area contributed by atoms with Crippen LogP contribution < -0.4 is 10.6 Å². The van der Waals surface area contributed by atoms with Gasteiger partial charge in [-0.1, -0.05) is 42.5 Å². The molecule has 0 radical (unpaired) electrons. The van der Waals surface area contributed by atoms with E-state index in [1.807, 2.05) is 31.2 Å². The highest BCUT2D eigenvalue weighted by molar-refractivity contribution is 5.94. The number of amides is 1. The van der Waals surface area contributed by atoms with Gasteiger partial charge in [-0.2, -0.15) is 0 Å². The molecule has 0 spiro atoms. The molecule has 160 valence electrons. The lowest BCUT2D eigenvalue weighted by atomic mass is 10.1. The van der Waals surface area contributed by atoms with Crippen LogP contribution in [0.5, 0.6) is 0 Å². The zero-order valence-corrected chi connectivity index (χ0v) is 18.1. The summed E-state index contributed by atoms with van der Waals surface area (Å²) in [6.45, 7) is 11.1. The van der Waals surface area contributed by atoms with Crippen LogP contribution in [0, 0.1) is 0 Å². The molecule has 30 heavy (non-hydrogen) atoms. The van der Waals surface area contributed by atoms with Crippen LogP contribution in [-0.2, 0) is 13.1 Å². The Labute approximate surface area is 180 Å². The summed E-state index contributed by atoms with van der Waals surface area (Å²) in [5.74, 6) is 0.930. The van der Waals surface area contributed by atoms with E-state index in [-0.39, 0.29) is 5.91 Å². The van der Waals surface area contributed by atoms with E-state index < -0.39 is 0 Å². The summed E-state index contributed by atoms with van der Waals surface area (Å²) in [4.78, 5) is 21.6. The third-order valence-corrected chi connectivity index (χ3v) is 5.22.